The van der Waals surface area contributed by atoms with Crippen LogP contribution in [0.2, 0.25) is 0 Å². The molecule has 0 radical (unpaired) electrons. The van der Waals surface area contributed by atoms with Crippen LogP contribution in [0, 0.1) is 6.92 Å². The number of thiazole rings is 1. The molecule has 2 N–H and O–H groups in total. The molecule has 0 aliphatic carbocycles. The summed E-state index contributed by atoms with van der Waals surface area (Å²) >= 11 is 0.822. The third-order valence-corrected chi connectivity index (χ3v) is 9.92. The molecule has 0 unspecified atom stereocenters. The normalized spacial score (nSPS) is 16.0. The number of benzene rings is 2. The predicted molar refractivity (Wildman–Crippen MR) is 154 cm³/mol. The van der Waals surface area contributed by atoms with Crippen molar-refractivity contribution < 1.29 is 45.8 Å². The first-order valence-electron chi connectivity index (χ1n) is 13.4. The highest BCUT2D eigenvalue weighted by Gasteiger charge is 2.41. The fourth-order valence-corrected chi connectivity index (χ4v) is 7.24. The molecule has 1 aliphatic rings. The van der Waals surface area contributed by atoms with Crippen LogP contribution in [0.25, 0.3) is 0 Å². The van der Waals surface area contributed by atoms with Crippen molar-refractivity contribution in [2.75, 3.05) is 24.5 Å². The van der Waals surface area contributed by atoms with Gasteiger partial charge >= 0.3 is 12.3 Å². The number of carboxylic acids is 1. The van der Waals surface area contributed by atoms with E-state index in [0.717, 1.165) is 63.9 Å². The van der Waals surface area contributed by atoms with Gasteiger partial charge in [0.2, 0.25) is 15.9 Å². The highest BCUT2D eigenvalue weighted by Crippen LogP contribution is 2.31. The molecule has 1 saturated heterocycles. The van der Waals surface area contributed by atoms with Crippen molar-refractivity contribution >= 4 is 44.2 Å². The minimum Gasteiger partial charge on any atom is -0.475 e. The van der Waals surface area contributed by atoms with Crippen molar-refractivity contribution in [3.63, 3.8) is 0 Å². The topological polar surface area (TPSA) is 146 Å². The number of aromatic nitrogens is 1. The summed E-state index contributed by atoms with van der Waals surface area (Å²) in [5.74, 6) is -4.02. The van der Waals surface area contributed by atoms with Gasteiger partial charge in [-0.3, -0.25) is 9.59 Å². The van der Waals surface area contributed by atoms with Crippen molar-refractivity contribution in [3.8, 4) is 5.75 Å². The quantitative estimate of drug-likeness (QED) is 0.233. The second-order valence-corrected chi connectivity index (χ2v) is 12.8. The molecule has 1 amide bonds. The van der Waals surface area contributed by atoms with Crippen molar-refractivity contribution in [2.45, 2.75) is 50.5 Å². The number of rotatable bonds is 11. The Labute approximate surface area is 255 Å². The molecule has 236 valence electrons. The van der Waals surface area contributed by atoms with E-state index in [1.54, 1.807) is 4.90 Å². The van der Waals surface area contributed by atoms with Gasteiger partial charge < -0.3 is 20.1 Å². The van der Waals surface area contributed by atoms with Crippen LogP contribution in [-0.4, -0.2) is 72.5 Å². The van der Waals surface area contributed by atoms with Crippen molar-refractivity contribution in [1.29, 1.82) is 0 Å². The lowest BCUT2D eigenvalue weighted by Gasteiger charge is -2.39. The van der Waals surface area contributed by atoms with Crippen LogP contribution in [0.5, 0.6) is 5.75 Å². The van der Waals surface area contributed by atoms with Crippen molar-refractivity contribution in [2.24, 2.45) is 0 Å². The van der Waals surface area contributed by atoms with E-state index in [-0.39, 0.29) is 46.8 Å². The number of halogens is 3. The number of ether oxygens (including phenoxy) is 1. The Bertz CT molecular complexity index is 1630. The number of Topliss-reactive ketones (excluding diaryl/α,β-unsaturated/α-hetero) is 1. The van der Waals surface area contributed by atoms with Gasteiger partial charge in [0.15, 0.2) is 5.13 Å². The van der Waals surface area contributed by atoms with E-state index in [1.807, 2.05) is 24.3 Å². The number of piperazine rings is 1. The van der Waals surface area contributed by atoms with E-state index in [0.29, 0.717) is 0 Å². The SMILES string of the molecule is CCCc1ccc(CNC(=O)[C@H]2CN(c3nc(C)c(C(=O)C(=O)O)s3)CCN2S(=O)(=O)c2ccc(OC(F)(F)F)cc2)cc1. The molecule has 0 bridgehead atoms. The first kappa shape index (κ1) is 32.9. The second kappa shape index (κ2) is 13.3. The van der Waals surface area contributed by atoms with Crippen LogP contribution in [0.3, 0.4) is 0 Å². The summed E-state index contributed by atoms with van der Waals surface area (Å²) in [6, 6.07) is 9.96. The van der Waals surface area contributed by atoms with Gasteiger partial charge in [0, 0.05) is 26.2 Å². The summed E-state index contributed by atoms with van der Waals surface area (Å²) in [6.07, 6.45) is -3.09. The van der Waals surface area contributed by atoms with E-state index in [9.17, 15) is 36.0 Å². The highest BCUT2D eigenvalue weighted by molar-refractivity contribution is 7.89. The van der Waals surface area contributed by atoms with Crippen LogP contribution in [0.15, 0.2) is 53.4 Å². The molecular formula is C28H29F3N4O7S2. The molecule has 1 aliphatic heterocycles. The lowest BCUT2D eigenvalue weighted by molar-refractivity contribution is -0.274. The molecular weight excluding hydrogens is 625 g/mol. The summed E-state index contributed by atoms with van der Waals surface area (Å²) in [5.41, 5.74) is 2.10. The summed E-state index contributed by atoms with van der Waals surface area (Å²) in [6.45, 7) is 3.26. The predicted octanol–water partition coefficient (Wildman–Crippen LogP) is 3.77. The Kier molecular flexibility index (Phi) is 9.95. The van der Waals surface area contributed by atoms with E-state index in [2.05, 4.69) is 22.0 Å². The maximum atomic E-state index is 13.7. The number of carbonyl (C=O) groups is 3. The number of sulfonamides is 1. The van der Waals surface area contributed by atoms with Gasteiger partial charge in [-0.15, -0.1) is 13.2 Å². The number of nitrogens with one attached hydrogen (secondary N) is 1. The summed E-state index contributed by atoms with van der Waals surface area (Å²) in [7, 11) is -4.38. The number of hydrogen-bond donors (Lipinski definition) is 2. The van der Waals surface area contributed by atoms with Crippen LogP contribution >= 0.6 is 11.3 Å². The van der Waals surface area contributed by atoms with Crippen molar-refractivity contribution in [3.05, 3.63) is 70.2 Å². The molecule has 0 spiro atoms. The standard InChI is InChI=1S/C28H29F3N4O7S2/c1-3-4-18-5-7-19(8-6-18)15-32-25(37)22-16-34(27-33-17(2)24(43-27)23(36)26(38)39)13-14-35(22)44(40,41)21-11-9-20(10-12-21)42-28(29,30)31/h5-12,22H,3-4,13-16H2,1-2H3,(H,32,37)(H,38,39)/t22-/m1/s1. The number of ketones is 1. The molecule has 1 fully saturated rings. The number of anilines is 1. The largest absolute Gasteiger partial charge is 0.573 e. The Morgan fingerprint density at radius 3 is 2.30 bits per heavy atom. The number of aryl methyl sites for hydroxylation is 2. The maximum Gasteiger partial charge on any atom is 0.573 e. The average molecular weight is 655 g/mol. The van der Waals surface area contributed by atoms with Gasteiger partial charge in [-0.25, -0.2) is 18.2 Å². The van der Waals surface area contributed by atoms with Crippen LogP contribution in [0.1, 0.15) is 39.8 Å². The number of hydrogen-bond acceptors (Lipinski definition) is 9. The van der Waals surface area contributed by atoms with Gasteiger partial charge in [-0.05, 0) is 48.7 Å². The molecule has 44 heavy (non-hydrogen) atoms. The molecule has 2 heterocycles. The number of aliphatic carboxylic acids is 1. The first-order chi connectivity index (χ1) is 20.7. The molecule has 1 aromatic heterocycles. The lowest BCUT2D eigenvalue weighted by atomic mass is 10.1. The van der Waals surface area contributed by atoms with E-state index in [1.165, 1.54) is 6.92 Å². The fourth-order valence-electron chi connectivity index (χ4n) is 4.63. The number of amides is 1. The molecule has 4 rings (SSSR count). The second-order valence-electron chi connectivity index (χ2n) is 9.93. The van der Waals surface area contributed by atoms with Crippen LogP contribution in [0.4, 0.5) is 18.3 Å². The summed E-state index contributed by atoms with van der Waals surface area (Å²) < 4.78 is 69.9. The smallest absolute Gasteiger partial charge is 0.475 e. The van der Waals surface area contributed by atoms with Gasteiger partial charge in [-0.2, -0.15) is 4.31 Å². The van der Waals surface area contributed by atoms with Gasteiger partial charge in [0.05, 0.1) is 10.6 Å². The van der Waals surface area contributed by atoms with Gasteiger partial charge in [0.1, 0.15) is 16.7 Å². The average Bonchev–Trinajstić information content (AvgIpc) is 3.36. The number of carboxylic acid groups (broad SMARTS) is 1. The fraction of sp³-hybridized carbons (Fsp3) is 0.357. The third kappa shape index (κ3) is 7.73. The number of alkyl halides is 3. The summed E-state index contributed by atoms with van der Waals surface area (Å²) in [4.78, 5) is 42.3. The van der Waals surface area contributed by atoms with Gasteiger partial charge in [-0.1, -0.05) is 48.9 Å². The van der Waals surface area contributed by atoms with E-state index in [4.69, 9.17) is 5.11 Å². The Morgan fingerprint density at radius 1 is 1.07 bits per heavy atom. The minimum atomic E-state index is -4.96. The minimum absolute atomic E-state index is 0.0326. The summed E-state index contributed by atoms with van der Waals surface area (Å²) in [5, 5.41) is 12.1. The van der Waals surface area contributed by atoms with Crippen molar-refractivity contribution in [1.82, 2.24) is 14.6 Å². The van der Waals surface area contributed by atoms with Crippen LogP contribution in [-0.2, 0) is 32.6 Å². The molecule has 2 aromatic carbocycles. The molecule has 16 heteroatoms. The van der Waals surface area contributed by atoms with E-state index >= 15 is 0 Å². The van der Waals surface area contributed by atoms with Gasteiger partial charge in [0.25, 0.3) is 5.78 Å². The first-order valence-corrected chi connectivity index (χ1v) is 15.7. The monoisotopic (exact) mass is 654 g/mol. The molecule has 1 atom stereocenters. The zero-order chi connectivity index (χ0) is 32.2. The molecule has 0 saturated carbocycles. The molecule has 3 aromatic rings. The molecule has 11 nitrogen and oxygen atoms in total. The third-order valence-electron chi connectivity index (χ3n) is 6.78. The Morgan fingerprint density at radius 2 is 1.70 bits per heavy atom. The van der Waals surface area contributed by atoms with Crippen LogP contribution < -0.4 is 15.0 Å². The number of nitrogens with zero attached hydrogens (tertiary/aromatic N) is 3. The number of carbonyl (C=O) groups excluding carboxylic acids is 2. The maximum absolute atomic E-state index is 13.7. The van der Waals surface area contributed by atoms with E-state index < -0.39 is 45.8 Å². The Balaban J connectivity index is 1.60. The lowest BCUT2D eigenvalue weighted by Crippen LogP contribution is -2.60. The zero-order valence-corrected chi connectivity index (χ0v) is 25.3. The highest BCUT2D eigenvalue weighted by atomic mass is 32.2. The zero-order valence-electron chi connectivity index (χ0n) is 23.6. The Hall–Kier alpha value is -4.02.